The van der Waals surface area contributed by atoms with Gasteiger partial charge in [-0.15, -0.1) is 0 Å². The van der Waals surface area contributed by atoms with Gasteiger partial charge in [-0.05, 0) is 32.6 Å². The Balaban J connectivity index is 2.05. The van der Waals surface area contributed by atoms with Crippen molar-refractivity contribution in [2.75, 3.05) is 11.4 Å². The largest absolute Gasteiger partial charge is 0.353 e. The predicted octanol–water partition coefficient (Wildman–Crippen LogP) is 1.57. The number of aromatic nitrogens is 2. The van der Waals surface area contributed by atoms with Crippen molar-refractivity contribution >= 4 is 5.82 Å². The molecule has 2 N–H and O–H groups in total. The van der Waals surface area contributed by atoms with Gasteiger partial charge in [0.2, 0.25) is 0 Å². The maximum atomic E-state index is 5.93. The fourth-order valence-corrected chi connectivity index (χ4v) is 2.46. The second kappa shape index (κ2) is 5.25. The fourth-order valence-electron chi connectivity index (χ4n) is 2.46. The van der Waals surface area contributed by atoms with E-state index in [4.69, 9.17) is 5.73 Å². The van der Waals surface area contributed by atoms with E-state index in [2.05, 4.69) is 21.8 Å². The third-order valence-electron chi connectivity index (χ3n) is 3.37. The molecule has 1 fully saturated rings. The summed E-state index contributed by atoms with van der Waals surface area (Å²) in [5, 5.41) is 0. The highest BCUT2D eigenvalue weighted by Gasteiger charge is 2.24. The molecule has 0 aromatic carbocycles. The highest BCUT2D eigenvalue weighted by Crippen LogP contribution is 2.24. The Morgan fingerprint density at radius 1 is 1.31 bits per heavy atom. The summed E-state index contributed by atoms with van der Waals surface area (Å²) in [5.41, 5.74) is 5.93. The third-order valence-corrected chi connectivity index (χ3v) is 3.37. The van der Waals surface area contributed by atoms with Gasteiger partial charge >= 0.3 is 0 Å². The molecule has 1 aromatic heterocycles. The van der Waals surface area contributed by atoms with Crippen molar-refractivity contribution in [3.8, 4) is 0 Å². The highest BCUT2D eigenvalue weighted by molar-refractivity contribution is 5.36. The molecule has 0 atom stereocenters. The number of anilines is 1. The van der Waals surface area contributed by atoms with Gasteiger partial charge in [0.1, 0.15) is 5.82 Å². The van der Waals surface area contributed by atoms with Crippen molar-refractivity contribution in [2.45, 2.75) is 44.7 Å². The van der Waals surface area contributed by atoms with Gasteiger partial charge in [0, 0.05) is 31.0 Å². The van der Waals surface area contributed by atoms with E-state index in [0.717, 1.165) is 25.2 Å². The molecular formula is C12H20N4. The molecule has 1 aliphatic carbocycles. The van der Waals surface area contributed by atoms with Crippen molar-refractivity contribution in [2.24, 2.45) is 5.73 Å². The number of nitrogens with two attached hydrogens (primary N) is 1. The Morgan fingerprint density at radius 3 is 2.62 bits per heavy atom. The maximum Gasteiger partial charge on any atom is 0.147 e. The first-order valence-corrected chi connectivity index (χ1v) is 6.09. The molecule has 1 aromatic rings. The summed E-state index contributed by atoms with van der Waals surface area (Å²) in [6.07, 6.45) is 9.92. The molecule has 4 nitrogen and oxygen atoms in total. The first-order chi connectivity index (χ1) is 7.81. The third kappa shape index (κ3) is 2.50. The summed E-state index contributed by atoms with van der Waals surface area (Å²) < 4.78 is 0. The van der Waals surface area contributed by atoms with Crippen molar-refractivity contribution in [3.63, 3.8) is 0 Å². The molecule has 0 bridgehead atoms. The van der Waals surface area contributed by atoms with E-state index >= 15 is 0 Å². The molecule has 1 saturated carbocycles. The molecule has 88 valence electrons. The highest BCUT2D eigenvalue weighted by atomic mass is 15.2. The minimum Gasteiger partial charge on any atom is -0.353 e. The fraction of sp³-hybridized carbons (Fsp3) is 0.667. The van der Waals surface area contributed by atoms with Crippen LogP contribution in [0.5, 0.6) is 0 Å². The van der Waals surface area contributed by atoms with Gasteiger partial charge in [-0.2, -0.15) is 0 Å². The second-order valence-electron chi connectivity index (χ2n) is 4.42. The van der Waals surface area contributed by atoms with E-state index in [9.17, 15) is 0 Å². The van der Waals surface area contributed by atoms with Crippen LogP contribution in [0.3, 0.4) is 0 Å². The quantitative estimate of drug-likeness (QED) is 0.840. The molecule has 4 heteroatoms. The van der Waals surface area contributed by atoms with Crippen LogP contribution >= 0.6 is 0 Å². The second-order valence-corrected chi connectivity index (χ2v) is 4.42. The molecule has 0 amide bonds. The van der Waals surface area contributed by atoms with Crippen LogP contribution in [0.4, 0.5) is 5.82 Å². The van der Waals surface area contributed by atoms with E-state index in [-0.39, 0.29) is 0 Å². The van der Waals surface area contributed by atoms with Gasteiger partial charge in [-0.25, -0.2) is 4.98 Å². The normalized spacial score (nSPS) is 25.4. The lowest BCUT2D eigenvalue weighted by atomic mass is 9.91. The van der Waals surface area contributed by atoms with E-state index in [1.165, 1.54) is 12.8 Å². The molecule has 0 unspecified atom stereocenters. The Bertz CT molecular complexity index is 306. The van der Waals surface area contributed by atoms with Crippen LogP contribution < -0.4 is 10.6 Å². The van der Waals surface area contributed by atoms with Crippen molar-refractivity contribution < 1.29 is 0 Å². The maximum absolute atomic E-state index is 5.93. The molecule has 1 heterocycles. The zero-order valence-electron chi connectivity index (χ0n) is 9.84. The van der Waals surface area contributed by atoms with E-state index in [1.54, 1.807) is 12.4 Å². The Kier molecular flexibility index (Phi) is 3.72. The number of nitrogens with zero attached hydrogens (tertiary/aromatic N) is 3. The minimum atomic E-state index is 0.400. The van der Waals surface area contributed by atoms with Gasteiger partial charge in [0.15, 0.2) is 0 Å². The lowest BCUT2D eigenvalue weighted by molar-refractivity contribution is 0.376. The molecule has 0 saturated heterocycles. The first kappa shape index (κ1) is 11.3. The minimum absolute atomic E-state index is 0.400. The van der Waals surface area contributed by atoms with Crippen LogP contribution in [0.2, 0.25) is 0 Å². The SMILES string of the molecule is CCN(c1cnccn1)C1CCC(N)CC1. The van der Waals surface area contributed by atoms with Crippen LogP contribution in [0.15, 0.2) is 18.6 Å². The Morgan fingerprint density at radius 2 is 2.06 bits per heavy atom. The van der Waals surface area contributed by atoms with E-state index in [1.807, 2.05) is 6.20 Å². The summed E-state index contributed by atoms with van der Waals surface area (Å²) >= 11 is 0. The van der Waals surface area contributed by atoms with Crippen LogP contribution in [0.25, 0.3) is 0 Å². The number of hydrogen-bond donors (Lipinski definition) is 1. The lowest BCUT2D eigenvalue weighted by Gasteiger charge is -2.36. The van der Waals surface area contributed by atoms with Crippen LogP contribution in [-0.4, -0.2) is 28.6 Å². The average molecular weight is 220 g/mol. The van der Waals surface area contributed by atoms with Crippen molar-refractivity contribution in [1.82, 2.24) is 9.97 Å². The standard InChI is InChI=1S/C12H20N4/c1-2-16(12-9-14-7-8-15-12)11-5-3-10(13)4-6-11/h7-11H,2-6,13H2,1H3. The Labute approximate surface area is 96.9 Å². The van der Waals surface area contributed by atoms with Crippen LogP contribution in [0, 0.1) is 0 Å². The van der Waals surface area contributed by atoms with Crippen molar-refractivity contribution in [3.05, 3.63) is 18.6 Å². The van der Waals surface area contributed by atoms with E-state index < -0.39 is 0 Å². The molecule has 2 rings (SSSR count). The molecular weight excluding hydrogens is 200 g/mol. The zero-order valence-corrected chi connectivity index (χ0v) is 9.84. The van der Waals surface area contributed by atoms with Gasteiger partial charge in [0.05, 0.1) is 6.20 Å². The summed E-state index contributed by atoms with van der Waals surface area (Å²) in [7, 11) is 0. The molecule has 16 heavy (non-hydrogen) atoms. The lowest BCUT2D eigenvalue weighted by Crippen LogP contribution is -2.41. The molecule has 0 radical (unpaired) electrons. The van der Waals surface area contributed by atoms with Crippen LogP contribution in [0.1, 0.15) is 32.6 Å². The Hall–Kier alpha value is -1.16. The van der Waals surface area contributed by atoms with Crippen LogP contribution in [-0.2, 0) is 0 Å². The summed E-state index contributed by atoms with van der Waals surface area (Å²) in [4.78, 5) is 10.9. The predicted molar refractivity (Wildman–Crippen MR) is 65.3 cm³/mol. The monoisotopic (exact) mass is 220 g/mol. The van der Waals surface area contributed by atoms with Gasteiger partial charge < -0.3 is 10.6 Å². The van der Waals surface area contributed by atoms with Crippen molar-refractivity contribution in [1.29, 1.82) is 0 Å². The first-order valence-electron chi connectivity index (χ1n) is 6.09. The topological polar surface area (TPSA) is 55.0 Å². The number of rotatable bonds is 3. The van der Waals surface area contributed by atoms with E-state index in [0.29, 0.717) is 12.1 Å². The summed E-state index contributed by atoms with van der Waals surface area (Å²) in [6.45, 7) is 3.15. The van der Waals surface area contributed by atoms with Gasteiger partial charge in [-0.3, -0.25) is 4.98 Å². The molecule has 0 spiro atoms. The smallest absolute Gasteiger partial charge is 0.147 e. The molecule has 1 aliphatic rings. The van der Waals surface area contributed by atoms with Gasteiger partial charge in [0.25, 0.3) is 0 Å². The summed E-state index contributed by atoms with van der Waals surface area (Å²) in [5.74, 6) is 0.991. The average Bonchev–Trinajstić information content (AvgIpc) is 2.34. The molecule has 0 aliphatic heterocycles. The number of hydrogen-bond acceptors (Lipinski definition) is 4. The van der Waals surface area contributed by atoms with Gasteiger partial charge in [-0.1, -0.05) is 0 Å². The zero-order chi connectivity index (χ0) is 11.4. The summed E-state index contributed by atoms with van der Waals surface area (Å²) in [6, 6.07) is 0.985.